The standard InChI is InChI=1S/C23H21F2NO2/c1-23(24,25)11-6-12-26-21(27)19-17-13-7-2-3-8-14(13)18(20(19)22(26)28)16-10-5-4-9-15(16)17/h2-5,7-10,17-20H,6,11-12H2,1H3. The van der Waals surface area contributed by atoms with Crippen molar-refractivity contribution >= 4 is 11.8 Å². The summed E-state index contributed by atoms with van der Waals surface area (Å²) in [5, 5.41) is 0. The van der Waals surface area contributed by atoms with Gasteiger partial charge in [-0.05, 0) is 35.6 Å². The van der Waals surface area contributed by atoms with E-state index in [1.165, 1.54) is 4.90 Å². The van der Waals surface area contributed by atoms with Crippen LogP contribution in [0.15, 0.2) is 48.5 Å². The number of carbonyl (C=O) groups is 2. The van der Waals surface area contributed by atoms with Crippen molar-refractivity contribution in [2.75, 3.05) is 6.54 Å². The molecule has 4 aliphatic rings. The molecular weight excluding hydrogens is 360 g/mol. The lowest BCUT2D eigenvalue weighted by molar-refractivity contribution is -0.140. The molecule has 2 bridgehead atoms. The molecule has 1 aliphatic heterocycles. The van der Waals surface area contributed by atoms with Crippen molar-refractivity contribution in [3.05, 3.63) is 70.8 Å². The van der Waals surface area contributed by atoms with E-state index in [9.17, 15) is 18.4 Å². The summed E-state index contributed by atoms with van der Waals surface area (Å²) in [4.78, 5) is 27.7. The van der Waals surface area contributed by atoms with Crippen molar-refractivity contribution in [2.24, 2.45) is 11.8 Å². The first-order chi connectivity index (χ1) is 13.4. The van der Waals surface area contributed by atoms with Crippen LogP contribution < -0.4 is 0 Å². The van der Waals surface area contributed by atoms with Gasteiger partial charge >= 0.3 is 0 Å². The van der Waals surface area contributed by atoms with Crippen LogP contribution in [0, 0.1) is 11.8 Å². The SMILES string of the molecule is CC(F)(F)CCCN1C(=O)C2C3c4ccccc4C(c4ccccc43)C2C1=O. The number of alkyl halides is 2. The molecule has 0 N–H and O–H groups in total. The summed E-state index contributed by atoms with van der Waals surface area (Å²) >= 11 is 0. The molecule has 1 fully saturated rings. The number of rotatable bonds is 4. The number of nitrogens with zero attached hydrogens (tertiary/aromatic N) is 1. The number of benzene rings is 2. The lowest BCUT2D eigenvalue weighted by Gasteiger charge is -2.45. The summed E-state index contributed by atoms with van der Waals surface area (Å²) in [7, 11) is 0. The van der Waals surface area contributed by atoms with Crippen LogP contribution in [-0.4, -0.2) is 29.2 Å². The summed E-state index contributed by atoms with van der Waals surface area (Å²) in [6.07, 6.45) is -0.206. The van der Waals surface area contributed by atoms with Gasteiger partial charge in [0.15, 0.2) is 0 Å². The van der Waals surface area contributed by atoms with Crippen LogP contribution in [0.5, 0.6) is 0 Å². The van der Waals surface area contributed by atoms with Crippen LogP contribution in [0.1, 0.15) is 53.9 Å². The third-order valence-electron chi connectivity index (χ3n) is 6.54. The molecule has 2 aromatic carbocycles. The lowest BCUT2D eigenvalue weighted by atomic mass is 9.55. The molecule has 3 nitrogen and oxygen atoms in total. The Labute approximate surface area is 162 Å². The number of carbonyl (C=O) groups excluding carboxylic acids is 2. The maximum absolute atomic E-state index is 13.2. The number of likely N-dealkylation sites (tertiary alicyclic amines) is 1. The minimum atomic E-state index is -2.79. The van der Waals surface area contributed by atoms with Crippen molar-refractivity contribution in [1.29, 1.82) is 0 Å². The molecule has 0 aromatic heterocycles. The lowest BCUT2D eigenvalue weighted by Crippen LogP contribution is -2.41. The first-order valence-electron chi connectivity index (χ1n) is 9.79. The van der Waals surface area contributed by atoms with E-state index in [4.69, 9.17) is 0 Å². The zero-order valence-corrected chi connectivity index (χ0v) is 15.6. The second kappa shape index (κ2) is 5.97. The van der Waals surface area contributed by atoms with Gasteiger partial charge in [-0.25, -0.2) is 8.78 Å². The molecule has 2 aromatic rings. The average molecular weight is 381 g/mol. The Morgan fingerprint density at radius 3 is 1.57 bits per heavy atom. The van der Waals surface area contributed by atoms with E-state index >= 15 is 0 Å². The normalized spacial score (nSPS) is 27.6. The average Bonchev–Trinajstić information content (AvgIpc) is 2.92. The molecule has 5 heteroatoms. The zero-order chi connectivity index (χ0) is 19.6. The van der Waals surface area contributed by atoms with Crippen LogP contribution >= 0.6 is 0 Å². The van der Waals surface area contributed by atoms with Crippen molar-refractivity contribution in [2.45, 2.75) is 37.5 Å². The van der Waals surface area contributed by atoms with Crippen molar-refractivity contribution in [3.8, 4) is 0 Å². The van der Waals surface area contributed by atoms with Gasteiger partial charge in [-0.3, -0.25) is 14.5 Å². The highest BCUT2D eigenvalue weighted by Crippen LogP contribution is 2.60. The van der Waals surface area contributed by atoms with Gasteiger partial charge in [-0.15, -0.1) is 0 Å². The van der Waals surface area contributed by atoms with E-state index < -0.39 is 17.8 Å². The number of amides is 2. The summed E-state index contributed by atoms with van der Waals surface area (Å²) in [5.41, 5.74) is 4.48. The first kappa shape index (κ1) is 17.5. The summed E-state index contributed by atoms with van der Waals surface area (Å²) in [6.45, 7) is 0.939. The minimum Gasteiger partial charge on any atom is -0.282 e. The fraction of sp³-hybridized carbons (Fsp3) is 0.391. The topological polar surface area (TPSA) is 37.4 Å². The van der Waals surface area contributed by atoms with Gasteiger partial charge in [0, 0.05) is 24.8 Å². The predicted molar refractivity (Wildman–Crippen MR) is 100 cm³/mol. The van der Waals surface area contributed by atoms with Gasteiger partial charge in [-0.2, -0.15) is 0 Å². The Balaban J connectivity index is 1.55. The maximum Gasteiger partial charge on any atom is 0.245 e. The van der Waals surface area contributed by atoms with E-state index in [-0.39, 0.29) is 43.0 Å². The van der Waals surface area contributed by atoms with Gasteiger partial charge in [0.2, 0.25) is 17.7 Å². The Kier molecular flexibility index (Phi) is 3.74. The zero-order valence-electron chi connectivity index (χ0n) is 15.6. The highest BCUT2D eigenvalue weighted by molar-refractivity contribution is 6.07. The Morgan fingerprint density at radius 2 is 1.21 bits per heavy atom. The molecule has 28 heavy (non-hydrogen) atoms. The maximum atomic E-state index is 13.2. The van der Waals surface area contributed by atoms with Crippen molar-refractivity contribution in [3.63, 3.8) is 0 Å². The van der Waals surface area contributed by atoms with Crippen molar-refractivity contribution < 1.29 is 18.4 Å². The van der Waals surface area contributed by atoms with Gasteiger partial charge in [0.05, 0.1) is 11.8 Å². The van der Waals surface area contributed by atoms with Crippen LogP contribution in [0.3, 0.4) is 0 Å². The largest absolute Gasteiger partial charge is 0.282 e. The molecule has 2 atom stereocenters. The van der Waals surface area contributed by atoms with Gasteiger partial charge in [-0.1, -0.05) is 48.5 Å². The molecule has 2 amide bonds. The molecule has 3 aliphatic carbocycles. The predicted octanol–water partition coefficient (Wildman–Crippen LogP) is 4.31. The fourth-order valence-corrected chi connectivity index (χ4v) is 5.51. The van der Waals surface area contributed by atoms with Crippen LogP contribution in [0.4, 0.5) is 8.78 Å². The second-order valence-corrected chi connectivity index (χ2v) is 8.27. The number of hydrogen-bond acceptors (Lipinski definition) is 2. The summed E-state index contributed by atoms with van der Waals surface area (Å²) in [5.74, 6) is -4.33. The highest BCUT2D eigenvalue weighted by atomic mass is 19.3. The summed E-state index contributed by atoms with van der Waals surface area (Å²) in [6, 6.07) is 16.1. The molecule has 1 saturated heterocycles. The van der Waals surface area contributed by atoms with E-state index in [0.29, 0.717) is 0 Å². The smallest absolute Gasteiger partial charge is 0.245 e. The minimum absolute atomic E-state index is 0.0697. The molecule has 2 unspecified atom stereocenters. The van der Waals surface area contributed by atoms with E-state index in [2.05, 4.69) is 24.3 Å². The molecule has 0 radical (unpaired) electrons. The first-order valence-corrected chi connectivity index (χ1v) is 9.79. The second-order valence-electron chi connectivity index (χ2n) is 8.27. The monoisotopic (exact) mass is 381 g/mol. The molecule has 144 valence electrons. The van der Waals surface area contributed by atoms with E-state index in [1.54, 1.807) is 0 Å². The number of imide groups is 1. The highest BCUT2D eigenvalue weighted by Gasteiger charge is 2.61. The van der Waals surface area contributed by atoms with Gasteiger partial charge in [0.25, 0.3) is 0 Å². The fourth-order valence-electron chi connectivity index (χ4n) is 5.51. The molecule has 6 rings (SSSR count). The molecule has 0 spiro atoms. The third kappa shape index (κ3) is 2.38. The van der Waals surface area contributed by atoms with Crippen LogP contribution in [0.2, 0.25) is 0 Å². The summed E-state index contributed by atoms with van der Waals surface area (Å²) < 4.78 is 26.4. The van der Waals surface area contributed by atoms with Gasteiger partial charge in [0.1, 0.15) is 0 Å². The number of hydrogen-bond donors (Lipinski definition) is 0. The van der Waals surface area contributed by atoms with E-state index in [0.717, 1.165) is 29.2 Å². The third-order valence-corrected chi connectivity index (χ3v) is 6.54. The molecular formula is C23H21F2NO2. The number of halogens is 2. The van der Waals surface area contributed by atoms with E-state index in [1.807, 2.05) is 24.3 Å². The van der Waals surface area contributed by atoms with Crippen LogP contribution in [0.25, 0.3) is 0 Å². The Hall–Kier alpha value is -2.56. The van der Waals surface area contributed by atoms with Crippen LogP contribution in [-0.2, 0) is 9.59 Å². The molecule has 0 saturated carbocycles. The van der Waals surface area contributed by atoms with Crippen molar-refractivity contribution in [1.82, 2.24) is 4.90 Å². The van der Waals surface area contributed by atoms with Gasteiger partial charge < -0.3 is 0 Å². The quantitative estimate of drug-likeness (QED) is 0.740. The molecule has 1 heterocycles. The Morgan fingerprint density at radius 1 is 0.821 bits per heavy atom. The Bertz CT molecular complexity index is 865.